The molecule has 120 valence electrons. The van der Waals surface area contributed by atoms with Crippen LogP contribution in [0.3, 0.4) is 0 Å². The first-order chi connectivity index (χ1) is 10.4. The van der Waals surface area contributed by atoms with Gasteiger partial charge in [-0.2, -0.15) is 0 Å². The number of ether oxygens (including phenoxy) is 2. The Morgan fingerprint density at radius 1 is 1.50 bits per heavy atom. The molecule has 1 aliphatic rings. The van der Waals surface area contributed by atoms with Gasteiger partial charge in [-0.15, -0.1) is 0 Å². The maximum Gasteiger partial charge on any atom is 0.410 e. The lowest BCUT2D eigenvalue weighted by molar-refractivity contribution is -0.0415. The third-order valence-electron chi connectivity index (χ3n) is 3.44. The number of nitrogens with zero attached hydrogens (tertiary/aromatic N) is 1. The van der Waals surface area contributed by atoms with Crippen molar-refractivity contribution in [2.75, 3.05) is 19.7 Å². The van der Waals surface area contributed by atoms with E-state index in [1.165, 1.54) is 5.56 Å². The molecule has 4 heteroatoms. The molecule has 1 fully saturated rings. The topological polar surface area (TPSA) is 38.8 Å². The summed E-state index contributed by atoms with van der Waals surface area (Å²) in [5.41, 5.74) is 1.81. The first kappa shape index (κ1) is 16.6. The van der Waals surface area contributed by atoms with Crippen molar-refractivity contribution in [2.24, 2.45) is 0 Å². The fourth-order valence-electron chi connectivity index (χ4n) is 2.45. The summed E-state index contributed by atoms with van der Waals surface area (Å²) in [6, 6.07) is 8.21. The smallest absolute Gasteiger partial charge is 0.410 e. The molecule has 0 radical (unpaired) electrons. The van der Waals surface area contributed by atoms with E-state index in [1.807, 2.05) is 39.0 Å². The van der Waals surface area contributed by atoms with Crippen molar-refractivity contribution in [3.63, 3.8) is 0 Å². The summed E-state index contributed by atoms with van der Waals surface area (Å²) in [5.74, 6) is 0. The van der Waals surface area contributed by atoms with Gasteiger partial charge in [0.25, 0.3) is 0 Å². The third-order valence-corrected chi connectivity index (χ3v) is 3.44. The van der Waals surface area contributed by atoms with Crippen molar-refractivity contribution in [3.8, 4) is 0 Å². The van der Waals surface area contributed by atoms with Crippen LogP contribution in [0.1, 0.15) is 31.9 Å². The van der Waals surface area contributed by atoms with Gasteiger partial charge in [0.15, 0.2) is 0 Å². The predicted molar refractivity (Wildman–Crippen MR) is 87.8 cm³/mol. The van der Waals surface area contributed by atoms with Gasteiger partial charge in [0.05, 0.1) is 19.3 Å². The number of morpholine rings is 1. The van der Waals surface area contributed by atoms with Crippen LogP contribution in [0.4, 0.5) is 4.79 Å². The first-order valence-corrected chi connectivity index (χ1v) is 7.68. The summed E-state index contributed by atoms with van der Waals surface area (Å²) < 4.78 is 11.2. The van der Waals surface area contributed by atoms with Crippen molar-refractivity contribution in [1.82, 2.24) is 4.90 Å². The molecule has 1 aromatic rings. The summed E-state index contributed by atoms with van der Waals surface area (Å²) >= 11 is 0. The third kappa shape index (κ3) is 4.88. The number of rotatable bonds is 3. The quantitative estimate of drug-likeness (QED) is 0.857. The predicted octanol–water partition coefficient (Wildman–Crippen LogP) is 3.51. The Morgan fingerprint density at radius 3 is 2.95 bits per heavy atom. The fourth-order valence-corrected chi connectivity index (χ4v) is 2.45. The van der Waals surface area contributed by atoms with Crippen LogP contribution in [-0.4, -0.2) is 42.4 Å². The summed E-state index contributed by atoms with van der Waals surface area (Å²) in [7, 11) is 0. The minimum Gasteiger partial charge on any atom is -0.444 e. The highest BCUT2D eigenvalue weighted by molar-refractivity contribution is 5.68. The Kier molecular flexibility index (Phi) is 5.24. The zero-order chi connectivity index (χ0) is 16.2. The van der Waals surface area contributed by atoms with Gasteiger partial charge in [-0.05, 0) is 31.9 Å². The maximum atomic E-state index is 12.1. The van der Waals surface area contributed by atoms with Gasteiger partial charge in [0.1, 0.15) is 5.60 Å². The molecule has 0 aromatic heterocycles. The van der Waals surface area contributed by atoms with E-state index in [-0.39, 0.29) is 12.2 Å². The van der Waals surface area contributed by atoms with Gasteiger partial charge in [-0.1, -0.05) is 36.9 Å². The Labute approximate surface area is 132 Å². The molecule has 1 aromatic carbocycles. The number of hydrogen-bond donors (Lipinski definition) is 0. The van der Waals surface area contributed by atoms with E-state index in [0.29, 0.717) is 19.7 Å². The van der Waals surface area contributed by atoms with E-state index < -0.39 is 5.60 Å². The van der Waals surface area contributed by atoms with Crippen LogP contribution in [0.25, 0.3) is 6.08 Å². The van der Waals surface area contributed by atoms with Crippen molar-refractivity contribution in [1.29, 1.82) is 0 Å². The van der Waals surface area contributed by atoms with E-state index >= 15 is 0 Å². The molecule has 0 aliphatic carbocycles. The number of benzene rings is 1. The number of amides is 1. The average Bonchev–Trinajstić information content (AvgIpc) is 2.46. The zero-order valence-electron chi connectivity index (χ0n) is 13.7. The zero-order valence-corrected chi connectivity index (χ0v) is 13.7. The minimum absolute atomic E-state index is 0.00123. The molecular formula is C18H25NO3. The highest BCUT2D eigenvalue weighted by Crippen LogP contribution is 2.16. The van der Waals surface area contributed by atoms with Crippen LogP contribution in [0.2, 0.25) is 0 Å². The van der Waals surface area contributed by atoms with Crippen LogP contribution < -0.4 is 0 Å². The highest BCUT2D eigenvalue weighted by Gasteiger charge is 2.28. The van der Waals surface area contributed by atoms with E-state index in [4.69, 9.17) is 9.47 Å². The Morgan fingerprint density at radius 2 is 2.27 bits per heavy atom. The molecule has 1 atom stereocenters. The first-order valence-electron chi connectivity index (χ1n) is 7.68. The Hall–Kier alpha value is -1.81. The Bertz CT molecular complexity index is 533. The summed E-state index contributed by atoms with van der Waals surface area (Å²) in [6.45, 7) is 11.1. The largest absolute Gasteiger partial charge is 0.444 e. The second kappa shape index (κ2) is 6.97. The van der Waals surface area contributed by atoms with E-state index in [0.717, 1.165) is 12.0 Å². The van der Waals surface area contributed by atoms with Gasteiger partial charge in [-0.3, -0.25) is 0 Å². The van der Waals surface area contributed by atoms with Gasteiger partial charge in [-0.25, -0.2) is 4.79 Å². The number of hydrogen-bond acceptors (Lipinski definition) is 3. The van der Waals surface area contributed by atoms with E-state index in [9.17, 15) is 4.79 Å². The van der Waals surface area contributed by atoms with Gasteiger partial charge in [0, 0.05) is 13.0 Å². The van der Waals surface area contributed by atoms with Gasteiger partial charge >= 0.3 is 6.09 Å². The maximum absolute atomic E-state index is 12.1. The SMILES string of the molecule is C=Cc1cccc(CC2CN(C(=O)OC(C)(C)C)CCO2)c1. The molecule has 1 amide bonds. The highest BCUT2D eigenvalue weighted by atomic mass is 16.6. The van der Waals surface area contributed by atoms with Crippen LogP contribution in [0.5, 0.6) is 0 Å². The second-order valence-electron chi connectivity index (χ2n) is 6.57. The summed E-state index contributed by atoms with van der Waals surface area (Å²) in [4.78, 5) is 13.9. The lowest BCUT2D eigenvalue weighted by Gasteiger charge is -2.34. The molecule has 2 rings (SSSR count). The molecular weight excluding hydrogens is 278 g/mol. The molecule has 0 bridgehead atoms. The van der Waals surface area contributed by atoms with Crippen LogP contribution in [0.15, 0.2) is 30.8 Å². The van der Waals surface area contributed by atoms with Crippen LogP contribution >= 0.6 is 0 Å². The number of carbonyl (C=O) groups excluding carboxylic acids is 1. The molecule has 0 N–H and O–H groups in total. The van der Waals surface area contributed by atoms with Crippen molar-refractivity contribution in [2.45, 2.75) is 38.9 Å². The summed E-state index contributed by atoms with van der Waals surface area (Å²) in [5, 5.41) is 0. The van der Waals surface area contributed by atoms with Gasteiger partial charge in [0.2, 0.25) is 0 Å². The molecule has 1 saturated heterocycles. The molecule has 22 heavy (non-hydrogen) atoms. The van der Waals surface area contributed by atoms with Gasteiger partial charge < -0.3 is 14.4 Å². The van der Waals surface area contributed by atoms with E-state index in [1.54, 1.807) is 4.90 Å². The molecule has 1 unspecified atom stereocenters. The van der Waals surface area contributed by atoms with Crippen molar-refractivity contribution < 1.29 is 14.3 Å². The molecule has 0 saturated carbocycles. The van der Waals surface area contributed by atoms with Crippen molar-refractivity contribution in [3.05, 3.63) is 42.0 Å². The minimum atomic E-state index is -0.469. The van der Waals surface area contributed by atoms with E-state index in [2.05, 4.69) is 18.7 Å². The van der Waals surface area contributed by atoms with Crippen LogP contribution in [-0.2, 0) is 15.9 Å². The monoisotopic (exact) mass is 303 g/mol. The van der Waals surface area contributed by atoms with Crippen molar-refractivity contribution >= 4 is 12.2 Å². The molecule has 1 heterocycles. The Balaban J connectivity index is 1.95. The average molecular weight is 303 g/mol. The number of carbonyl (C=O) groups is 1. The lowest BCUT2D eigenvalue weighted by Crippen LogP contribution is -2.48. The normalized spacial score (nSPS) is 18.9. The summed E-state index contributed by atoms with van der Waals surface area (Å²) in [6.07, 6.45) is 2.35. The molecule has 0 spiro atoms. The standard InChI is InChI=1S/C18H25NO3/c1-5-14-7-6-8-15(11-14)12-16-13-19(9-10-21-16)17(20)22-18(2,3)4/h5-8,11,16H,1,9-10,12-13H2,2-4H3. The fraction of sp³-hybridized carbons (Fsp3) is 0.500. The van der Waals surface area contributed by atoms with Crippen LogP contribution in [0, 0.1) is 0 Å². The second-order valence-corrected chi connectivity index (χ2v) is 6.57. The lowest BCUT2D eigenvalue weighted by atomic mass is 10.0. The molecule has 4 nitrogen and oxygen atoms in total. The molecule has 1 aliphatic heterocycles.